The van der Waals surface area contributed by atoms with Crippen molar-refractivity contribution in [2.45, 2.75) is 18.7 Å². The van der Waals surface area contributed by atoms with Crippen LogP contribution in [0.15, 0.2) is 23.1 Å². The molecule has 0 spiro atoms. The largest absolute Gasteiger partial charge is 0.253 e. The van der Waals surface area contributed by atoms with Crippen LogP contribution in [-0.2, 0) is 10.8 Å². The molecule has 13 heavy (non-hydrogen) atoms. The van der Waals surface area contributed by atoms with Gasteiger partial charge in [-0.2, -0.15) is 5.26 Å². The summed E-state index contributed by atoms with van der Waals surface area (Å²) < 4.78 is 11.5. The van der Waals surface area contributed by atoms with E-state index in [0.717, 1.165) is 16.0 Å². The van der Waals surface area contributed by atoms with Gasteiger partial charge in [-0.15, -0.1) is 0 Å². The minimum absolute atomic E-state index is 0.0733. The lowest BCUT2D eigenvalue weighted by Crippen LogP contribution is -1.98. The molecule has 0 aliphatic heterocycles. The molecule has 0 amide bonds. The van der Waals surface area contributed by atoms with E-state index in [9.17, 15) is 4.21 Å². The minimum atomic E-state index is -1.16. The fraction of sp³-hybridized carbons (Fsp3) is 0.300. The summed E-state index contributed by atoms with van der Waals surface area (Å²) in [5.41, 5.74) is 2.14. The molecule has 0 bridgehead atoms. The van der Waals surface area contributed by atoms with E-state index in [1.54, 1.807) is 0 Å². The highest BCUT2D eigenvalue weighted by atomic mass is 32.2. The zero-order chi connectivity index (χ0) is 9.84. The van der Waals surface area contributed by atoms with Crippen LogP contribution in [0.3, 0.4) is 0 Å². The Labute approximate surface area is 80.7 Å². The van der Waals surface area contributed by atoms with Crippen LogP contribution in [0, 0.1) is 25.2 Å². The number of nitrogens with zero attached hydrogens (tertiary/aromatic N) is 1. The minimum Gasteiger partial charge on any atom is -0.253 e. The maximum Gasteiger partial charge on any atom is 0.115 e. The van der Waals surface area contributed by atoms with E-state index in [2.05, 4.69) is 0 Å². The summed E-state index contributed by atoms with van der Waals surface area (Å²) in [4.78, 5) is 0.771. The Kier molecular flexibility index (Phi) is 3.21. The van der Waals surface area contributed by atoms with E-state index >= 15 is 0 Å². The maximum atomic E-state index is 11.5. The van der Waals surface area contributed by atoms with Gasteiger partial charge in [0.05, 0.1) is 16.9 Å². The lowest BCUT2D eigenvalue weighted by Gasteiger charge is -2.03. The van der Waals surface area contributed by atoms with Crippen molar-refractivity contribution < 1.29 is 4.21 Å². The van der Waals surface area contributed by atoms with Gasteiger partial charge in [-0.05, 0) is 25.5 Å². The Bertz CT molecular complexity index is 379. The molecule has 1 aromatic rings. The highest BCUT2D eigenvalue weighted by Crippen LogP contribution is 2.14. The van der Waals surface area contributed by atoms with Crippen molar-refractivity contribution in [3.05, 3.63) is 29.3 Å². The molecule has 0 fully saturated rings. The third-order valence-electron chi connectivity index (χ3n) is 1.77. The predicted molar refractivity (Wildman–Crippen MR) is 52.8 cm³/mol. The fourth-order valence-electron chi connectivity index (χ4n) is 1.19. The van der Waals surface area contributed by atoms with Crippen LogP contribution in [0.25, 0.3) is 0 Å². The van der Waals surface area contributed by atoms with Crippen LogP contribution in [0.4, 0.5) is 0 Å². The Hall–Kier alpha value is -1.14. The van der Waals surface area contributed by atoms with Crippen molar-refractivity contribution in [2.75, 3.05) is 5.75 Å². The van der Waals surface area contributed by atoms with Crippen molar-refractivity contribution in [3.8, 4) is 6.07 Å². The van der Waals surface area contributed by atoms with Crippen LogP contribution >= 0.6 is 0 Å². The Balaban J connectivity index is 3.03. The maximum absolute atomic E-state index is 11.5. The SMILES string of the molecule is Cc1ccc(S(=O)CC#N)c(C)c1. The molecule has 1 rings (SSSR count). The smallest absolute Gasteiger partial charge is 0.115 e. The quantitative estimate of drug-likeness (QED) is 0.720. The topological polar surface area (TPSA) is 40.9 Å². The van der Waals surface area contributed by atoms with Crippen molar-refractivity contribution in [3.63, 3.8) is 0 Å². The van der Waals surface area contributed by atoms with Gasteiger partial charge in [0.25, 0.3) is 0 Å². The average Bonchev–Trinajstić information content (AvgIpc) is 2.04. The third kappa shape index (κ3) is 2.40. The first-order chi connectivity index (χ1) is 6.15. The molecule has 0 aliphatic rings. The molecule has 0 aromatic heterocycles. The molecule has 0 aliphatic carbocycles. The lowest BCUT2D eigenvalue weighted by atomic mass is 10.2. The Morgan fingerprint density at radius 2 is 2.15 bits per heavy atom. The van der Waals surface area contributed by atoms with Gasteiger partial charge in [-0.3, -0.25) is 4.21 Å². The molecule has 3 heteroatoms. The molecular weight excluding hydrogens is 182 g/mol. The molecule has 1 unspecified atom stereocenters. The van der Waals surface area contributed by atoms with Gasteiger partial charge in [0.15, 0.2) is 0 Å². The molecule has 1 aromatic carbocycles. The van der Waals surface area contributed by atoms with Gasteiger partial charge >= 0.3 is 0 Å². The van der Waals surface area contributed by atoms with E-state index in [0.29, 0.717) is 0 Å². The highest BCUT2D eigenvalue weighted by Gasteiger charge is 2.05. The summed E-state index contributed by atoms with van der Waals surface area (Å²) in [6.07, 6.45) is 0. The van der Waals surface area contributed by atoms with Crippen LogP contribution in [-0.4, -0.2) is 9.96 Å². The summed E-state index contributed by atoms with van der Waals surface area (Å²) in [6, 6.07) is 7.63. The van der Waals surface area contributed by atoms with Crippen molar-refractivity contribution in [1.82, 2.24) is 0 Å². The molecule has 0 N–H and O–H groups in total. The van der Waals surface area contributed by atoms with E-state index in [1.165, 1.54) is 0 Å². The fourth-order valence-corrected chi connectivity index (χ4v) is 2.10. The van der Waals surface area contributed by atoms with Gasteiger partial charge in [0.1, 0.15) is 5.75 Å². The zero-order valence-electron chi connectivity index (χ0n) is 7.70. The first kappa shape index (κ1) is 9.94. The van der Waals surface area contributed by atoms with Crippen LogP contribution in [0.2, 0.25) is 0 Å². The number of rotatable bonds is 2. The molecule has 0 saturated heterocycles. The van der Waals surface area contributed by atoms with Gasteiger partial charge < -0.3 is 0 Å². The number of hydrogen-bond acceptors (Lipinski definition) is 2. The second kappa shape index (κ2) is 4.20. The molecule has 0 heterocycles. The standard InChI is InChI=1S/C10H11NOS/c1-8-3-4-10(9(2)7-8)13(12)6-5-11/h3-4,7H,6H2,1-2H3. The van der Waals surface area contributed by atoms with E-state index in [-0.39, 0.29) is 5.75 Å². The molecule has 0 saturated carbocycles. The Morgan fingerprint density at radius 1 is 1.46 bits per heavy atom. The summed E-state index contributed by atoms with van der Waals surface area (Å²) >= 11 is 0. The normalized spacial score (nSPS) is 12.1. The lowest BCUT2D eigenvalue weighted by molar-refractivity contribution is 0.684. The summed E-state index contributed by atoms with van der Waals surface area (Å²) in [5.74, 6) is 0.0733. The van der Waals surface area contributed by atoms with Crippen LogP contribution in [0.1, 0.15) is 11.1 Å². The van der Waals surface area contributed by atoms with Crippen molar-refractivity contribution in [1.29, 1.82) is 5.26 Å². The molecule has 2 nitrogen and oxygen atoms in total. The predicted octanol–water partition coefficient (Wildman–Crippen LogP) is 1.93. The van der Waals surface area contributed by atoms with Gasteiger partial charge in [-0.25, -0.2) is 0 Å². The summed E-state index contributed by atoms with van der Waals surface area (Å²) in [5, 5.41) is 8.40. The second-order valence-corrected chi connectivity index (χ2v) is 4.34. The monoisotopic (exact) mass is 193 g/mol. The summed E-state index contributed by atoms with van der Waals surface area (Å²) in [7, 11) is -1.16. The van der Waals surface area contributed by atoms with Gasteiger partial charge in [0.2, 0.25) is 0 Å². The Morgan fingerprint density at radius 3 is 2.69 bits per heavy atom. The average molecular weight is 193 g/mol. The first-order valence-electron chi connectivity index (χ1n) is 3.97. The highest BCUT2D eigenvalue weighted by molar-refractivity contribution is 7.85. The first-order valence-corrected chi connectivity index (χ1v) is 5.29. The molecular formula is C10H11NOS. The summed E-state index contributed by atoms with van der Waals surface area (Å²) in [6.45, 7) is 3.90. The van der Waals surface area contributed by atoms with E-state index < -0.39 is 10.8 Å². The van der Waals surface area contributed by atoms with Crippen LogP contribution in [0.5, 0.6) is 0 Å². The molecule has 68 valence electrons. The van der Waals surface area contributed by atoms with Gasteiger partial charge in [0, 0.05) is 4.90 Å². The van der Waals surface area contributed by atoms with Crippen molar-refractivity contribution >= 4 is 10.8 Å². The van der Waals surface area contributed by atoms with E-state index in [4.69, 9.17) is 5.26 Å². The second-order valence-electron chi connectivity index (χ2n) is 2.92. The number of nitriles is 1. The zero-order valence-corrected chi connectivity index (χ0v) is 8.52. The third-order valence-corrected chi connectivity index (χ3v) is 3.11. The number of hydrogen-bond donors (Lipinski definition) is 0. The number of benzene rings is 1. The van der Waals surface area contributed by atoms with E-state index in [1.807, 2.05) is 38.1 Å². The van der Waals surface area contributed by atoms with Crippen LogP contribution < -0.4 is 0 Å². The molecule has 0 radical (unpaired) electrons. The number of aryl methyl sites for hydroxylation is 2. The van der Waals surface area contributed by atoms with Crippen molar-refractivity contribution in [2.24, 2.45) is 0 Å². The molecule has 1 atom stereocenters. The van der Waals surface area contributed by atoms with Gasteiger partial charge in [-0.1, -0.05) is 17.7 Å².